The average Bonchev–Trinajstić information content (AvgIpc) is 2.72. The highest BCUT2D eigenvalue weighted by molar-refractivity contribution is 7.99. The summed E-state index contributed by atoms with van der Waals surface area (Å²) in [6.45, 7) is 0. The van der Waals surface area contributed by atoms with Crippen LogP contribution < -0.4 is 5.69 Å². The lowest BCUT2D eigenvalue weighted by Gasteiger charge is -2.07. The number of hydrogen-bond donors (Lipinski definition) is 3. The van der Waals surface area contributed by atoms with Crippen LogP contribution in [0.1, 0.15) is 42.3 Å². The van der Waals surface area contributed by atoms with Crippen LogP contribution >= 0.6 is 11.8 Å². The third-order valence-electron chi connectivity index (χ3n) is 2.70. The van der Waals surface area contributed by atoms with E-state index in [9.17, 15) is 9.59 Å². The van der Waals surface area contributed by atoms with Crippen molar-refractivity contribution < 1.29 is 9.90 Å². The zero-order chi connectivity index (χ0) is 11.5. The molecule has 1 aliphatic rings. The summed E-state index contributed by atoms with van der Waals surface area (Å²) >= 11 is 1.80. The van der Waals surface area contributed by atoms with E-state index in [1.54, 1.807) is 11.8 Å². The summed E-state index contributed by atoms with van der Waals surface area (Å²) in [5.74, 6) is 0.104. The standard InChI is InChI=1S/C10H14N2O3S/c13-8(14)4-2-1-3-7-9-6(5-16-7)11-10(15)12-9/h7H,1-5H2,(H,13,14)(H2,11,12,15)/t7-/m1/s1. The van der Waals surface area contributed by atoms with Crippen molar-refractivity contribution >= 4 is 17.7 Å². The monoisotopic (exact) mass is 242 g/mol. The second kappa shape index (κ2) is 4.78. The number of aromatic nitrogens is 2. The normalized spacial score (nSPS) is 18.6. The molecule has 0 unspecified atom stereocenters. The van der Waals surface area contributed by atoms with Crippen molar-refractivity contribution in [1.29, 1.82) is 0 Å². The minimum atomic E-state index is -0.741. The van der Waals surface area contributed by atoms with Gasteiger partial charge in [-0.2, -0.15) is 0 Å². The van der Waals surface area contributed by atoms with E-state index in [1.807, 2.05) is 0 Å². The topological polar surface area (TPSA) is 85.9 Å². The molecule has 2 rings (SSSR count). The van der Waals surface area contributed by atoms with Gasteiger partial charge in [-0.25, -0.2) is 4.79 Å². The van der Waals surface area contributed by atoms with Gasteiger partial charge in [0.2, 0.25) is 0 Å². The molecule has 2 heterocycles. The molecule has 0 aliphatic carbocycles. The van der Waals surface area contributed by atoms with E-state index in [4.69, 9.17) is 5.11 Å². The van der Waals surface area contributed by atoms with Gasteiger partial charge in [0.05, 0.1) is 5.69 Å². The number of fused-ring (bicyclic) bond motifs is 1. The average molecular weight is 242 g/mol. The molecule has 0 saturated heterocycles. The number of thioether (sulfide) groups is 1. The SMILES string of the molecule is O=C(O)CCCC[C@H]1SCc2[nH]c(=O)[nH]c21. The summed E-state index contributed by atoms with van der Waals surface area (Å²) < 4.78 is 0. The van der Waals surface area contributed by atoms with Crippen molar-refractivity contribution in [2.45, 2.75) is 36.7 Å². The molecule has 1 aliphatic heterocycles. The molecule has 0 radical (unpaired) electrons. The fourth-order valence-corrected chi connectivity index (χ4v) is 3.22. The molecule has 1 aromatic rings. The Morgan fingerprint density at radius 1 is 1.44 bits per heavy atom. The first-order valence-electron chi connectivity index (χ1n) is 5.31. The Labute approximate surface area is 96.6 Å². The highest BCUT2D eigenvalue weighted by Gasteiger charge is 2.25. The highest BCUT2D eigenvalue weighted by Crippen LogP contribution is 2.42. The fourth-order valence-electron chi connectivity index (χ4n) is 1.92. The Hall–Kier alpha value is -1.17. The number of H-pyrrole nitrogens is 2. The Balaban J connectivity index is 1.84. The van der Waals surface area contributed by atoms with Gasteiger partial charge < -0.3 is 15.1 Å². The number of unbranched alkanes of at least 4 members (excludes halogenated alkanes) is 1. The van der Waals surface area contributed by atoms with E-state index in [0.717, 1.165) is 30.0 Å². The molecule has 16 heavy (non-hydrogen) atoms. The predicted octanol–water partition coefficient (Wildman–Crippen LogP) is 1.64. The second-order valence-electron chi connectivity index (χ2n) is 3.91. The molecule has 1 aromatic heterocycles. The summed E-state index contributed by atoms with van der Waals surface area (Å²) in [4.78, 5) is 27.0. The van der Waals surface area contributed by atoms with E-state index in [-0.39, 0.29) is 12.1 Å². The molecule has 0 aromatic carbocycles. The van der Waals surface area contributed by atoms with Crippen molar-refractivity contribution in [3.63, 3.8) is 0 Å². The smallest absolute Gasteiger partial charge is 0.323 e. The first-order valence-corrected chi connectivity index (χ1v) is 6.36. The third-order valence-corrected chi connectivity index (χ3v) is 4.02. The molecule has 0 amide bonds. The minimum absolute atomic E-state index is 0.138. The van der Waals surface area contributed by atoms with Gasteiger partial charge in [0, 0.05) is 23.1 Å². The number of carboxylic acids is 1. The molecule has 0 saturated carbocycles. The van der Waals surface area contributed by atoms with E-state index in [0.29, 0.717) is 11.7 Å². The maximum atomic E-state index is 11.1. The maximum absolute atomic E-state index is 11.1. The molecule has 0 fully saturated rings. The largest absolute Gasteiger partial charge is 0.481 e. The van der Waals surface area contributed by atoms with Gasteiger partial charge in [0.25, 0.3) is 0 Å². The zero-order valence-corrected chi connectivity index (χ0v) is 9.60. The number of rotatable bonds is 5. The van der Waals surface area contributed by atoms with Crippen LogP contribution in [-0.2, 0) is 10.5 Å². The number of carbonyl (C=O) groups is 1. The maximum Gasteiger partial charge on any atom is 0.323 e. The Morgan fingerprint density at radius 3 is 3.00 bits per heavy atom. The van der Waals surface area contributed by atoms with Crippen LogP contribution in [0.25, 0.3) is 0 Å². The lowest BCUT2D eigenvalue weighted by Crippen LogP contribution is -2.03. The summed E-state index contributed by atoms with van der Waals surface area (Å²) in [5.41, 5.74) is 1.87. The minimum Gasteiger partial charge on any atom is -0.481 e. The van der Waals surface area contributed by atoms with Gasteiger partial charge in [-0.3, -0.25) is 4.79 Å². The zero-order valence-electron chi connectivity index (χ0n) is 8.78. The summed E-state index contributed by atoms with van der Waals surface area (Å²) in [5, 5.41) is 8.83. The number of aromatic amines is 2. The molecule has 0 spiro atoms. The molecular weight excluding hydrogens is 228 g/mol. The van der Waals surface area contributed by atoms with Gasteiger partial charge in [-0.15, -0.1) is 11.8 Å². The van der Waals surface area contributed by atoms with Gasteiger partial charge >= 0.3 is 11.7 Å². The van der Waals surface area contributed by atoms with E-state index in [1.165, 1.54) is 0 Å². The van der Waals surface area contributed by atoms with Crippen molar-refractivity contribution in [2.75, 3.05) is 0 Å². The predicted molar refractivity (Wildman–Crippen MR) is 61.6 cm³/mol. The molecule has 6 heteroatoms. The van der Waals surface area contributed by atoms with Crippen LogP contribution in [0, 0.1) is 0 Å². The van der Waals surface area contributed by atoms with Crippen LogP contribution in [0.5, 0.6) is 0 Å². The highest BCUT2D eigenvalue weighted by atomic mass is 32.2. The van der Waals surface area contributed by atoms with Crippen molar-refractivity contribution in [2.24, 2.45) is 0 Å². The summed E-state index contributed by atoms with van der Waals surface area (Å²) in [7, 11) is 0. The van der Waals surface area contributed by atoms with Crippen molar-refractivity contribution in [3.8, 4) is 0 Å². The lowest BCUT2D eigenvalue weighted by molar-refractivity contribution is -0.137. The van der Waals surface area contributed by atoms with E-state index in [2.05, 4.69) is 9.97 Å². The number of carboxylic acid groups (broad SMARTS) is 1. The first-order chi connectivity index (χ1) is 7.66. The van der Waals surface area contributed by atoms with E-state index < -0.39 is 5.97 Å². The third kappa shape index (κ3) is 2.49. The van der Waals surface area contributed by atoms with Crippen LogP contribution in [0.3, 0.4) is 0 Å². The van der Waals surface area contributed by atoms with Gasteiger partial charge in [-0.1, -0.05) is 6.42 Å². The van der Waals surface area contributed by atoms with Crippen LogP contribution in [0.15, 0.2) is 4.79 Å². The molecule has 3 N–H and O–H groups in total. The molecular formula is C10H14N2O3S. The van der Waals surface area contributed by atoms with Crippen molar-refractivity contribution in [1.82, 2.24) is 9.97 Å². The summed E-state index contributed by atoms with van der Waals surface area (Å²) in [6.07, 6.45) is 2.75. The summed E-state index contributed by atoms with van der Waals surface area (Å²) in [6, 6.07) is 0. The Kier molecular flexibility index (Phi) is 3.38. The first kappa shape index (κ1) is 11.3. The van der Waals surface area contributed by atoms with Crippen LogP contribution in [0.4, 0.5) is 0 Å². The molecule has 0 bridgehead atoms. The van der Waals surface area contributed by atoms with Crippen molar-refractivity contribution in [3.05, 3.63) is 21.9 Å². The number of hydrogen-bond acceptors (Lipinski definition) is 3. The van der Waals surface area contributed by atoms with Gasteiger partial charge in [0.1, 0.15) is 0 Å². The molecule has 88 valence electrons. The molecule has 1 atom stereocenters. The Morgan fingerprint density at radius 2 is 2.25 bits per heavy atom. The molecule has 5 nitrogen and oxygen atoms in total. The Bertz CT molecular complexity index is 438. The van der Waals surface area contributed by atoms with Crippen LogP contribution in [-0.4, -0.2) is 21.0 Å². The van der Waals surface area contributed by atoms with Gasteiger partial charge in [-0.05, 0) is 12.8 Å². The fraction of sp³-hybridized carbons (Fsp3) is 0.600. The van der Waals surface area contributed by atoms with Crippen LogP contribution in [0.2, 0.25) is 0 Å². The second-order valence-corrected chi connectivity index (χ2v) is 5.10. The number of nitrogens with one attached hydrogen (secondary N) is 2. The lowest BCUT2D eigenvalue weighted by atomic mass is 10.1. The number of imidazole rings is 1. The van der Waals surface area contributed by atoms with E-state index >= 15 is 0 Å². The number of aliphatic carboxylic acids is 1. The van der Waals surface area contributed by atoms with Gasteiger partial charge in [0.15, 0.2) is 0 Å². The quantitative estimate of drug-likeness (QED) is 0.685.